The number of nitrogens with one attached hydrogen (secondary N) is 1. The van der Waals surface area contributed by atoms with E-state index in [9.17, 15) is 9.18 Å². The van der Waals surface area contributed by atoms with Crippen LogP contribution in [0.4, 0.5) is 4.39 Å². The van der Waals surface area contributed by atoms with E-state index >= 15 is 0 Å². The van der Waals surface area contributed by atoms with Crippen molar-refractivity contribution in [1.82, 2.24) is 10.2 Å². The SMILES string of the molecule is Cl.O=C([C@@H]1C[C@@H](F)CN1)N1CCSCC1. The number of amides is 1. The van der Waals surface area contributed by atoms with Gasteiger partial charge in [0.2, 0.25) is 5.91 Å². The molecule has 2 atom stereocenters. The van der Waals surface area contributed by atoms with Crippen molar-refractivity contribution in [3.05, 3.63) is 0 Å². The monoisotopic (exact) mass is 254 g/mol. The number of carbonyl (C=O) groups is 1. The molecule has 2 heterocycles. The summed E-state index contributed by atoms with van der Waals surface area (Å²) in [4.78, 5) is 13.7. The Morgan fingerprint density at radius 2 is 2.07 bits per heavy atom. The molecule has 2 aliphatic heterocycles. The molecule has 0 radical (unpaired) electrons. The Morgan fingerprint density at radius 3 is 2.60 bits per heavy atom. The van der Waals surface area contributed by atoms with E-state index < -0.39 is 6.17 Å². The van der Waals surface area contributed by atoms with Crippen molar-refractivity contribution in [3.8, 4) is 0 Å². The first-order valence-corrected chi connectivity index (χ1v) is 6.17. The largest absolute Gasteiger partial charge is 0.340 e. The van der Waals surface area contributed by atoms with Gasteiger partial charge in [-0.1, -0.05) is 0 Å². The van der Waals surface area contributed by atoms with Gasteiger partial charge in [0, 0.05) is 37.6 Å². The summed E-state index contributed by atoms with van der Waals surface area (Å²) in [5.74, 6) is 2.11. The second-order valence-electron chi connectivity index (χ2n) is 3.73. The van der Waals surface area contributed by atoms with E-state index in [0.717, 1.165) is 24.6 Å². The molecule has 88 valence electrons. The molecule has 2 saturated heterocycles. The molecule has 15 heavy (non-hydrogen) atoms. The van der Waals surface area contributed by atoms with Crippen molar-refractivity contribution in [2.45, 2.75) is 18.6 Å². The third-order valence-corrected chi connectivity index (χ3v) is 3.64. The summed E-state index contributed by atoms with van der Waals surface area (Å²) in [6.45, 7) is 1.97. The number of alkyl halides is 1. The first kappa shape index (κ1) is 13.1. The molecule has 0 aromatic rings. The van der Waals surface area contributed by atoms with Crippen LogP contribution in [0.15, 0.2) is 0 Å². The normalized spacial score (nSPS) is 31.1. The van der Waals surface area contributed by atoms with Crippen LogP contribution < -0.4 is 5.32 Å². The van der Waals surface area contributed by atoms with E-state index in [-0.39, 0.29) is 24.4 Å². The topological polar surface area (TPSA) is 32.3 Å². The molecule has 2 fully saturated rings. The lowest BCUT2D eigenvalue weighted by Crippen LogP contribution is -2.46. The van der Waals surface area contributed by atoms with E-state index in [1.54, 1.807) is 0 Å². The Balaban J connectivity index is 0.00000112. The van der Waals surface area contributed by atoms with Gasteiger partial charge in [0.1, 0.15) is 6.17 Å². The second-order valence-corrected chi connectivity index (χ2v) is 4.96. The summed E-state index contributed by atoms with van der Waals surface area (Å²) in [5, 5.41) is 2.93. The van der Waals surface area contributed by atoms with Crippen LogP contribution in [0.3, 0.4) is 0 Å². The van der Waals surface area contributed by atoms with Crippen LogP contribution in [0.2, 0.25) is 0 Å². The van der Waals surface area contributed by atoms with Gasteiger partial charge in [0.25, 0.3) is 0 Å². The van der Waals surface area contributed by atoms with Gasteiger partial charge < -0.3 is 10.2 Å². The lowest BCUT2D eigenvalue weighted by Gasteiger charge is -2.28. The molecule has 1 N–H and O–H groups in total. The van der Waals surface area contributed by atoms with Gasteiger partial charge in [-0.3, -0.25) is 4.79 Å². The molecule has 0 aromatic carbocycles. The fourth-order valence-electron chi connectivity index (χ4n) is 1.88. The van der Waals surface area contributed by atoms with Crippen LogP contribution in [0.5, 0.6) is 0 Å². The molecular weight excluding hydrogens is 239 g/mol. The van der Waals surface area contributed by atoms with Crippen LogP contribution in [0, 0.1) is 0 Å². The fourth-order valence-corrected chi connectivity index (χ4v) is 2.79. The molecule has 0 aliphatic carbocycles. The van der Waals surface area contributed by atoms with Crippen LogP contribution in [-0.2, 0) is 4.79 Å². The van der Waals surface area contributed by atoms with E-state index in [1.807, 2.05) is 16.7 Å². The highest BCUT2D eigenvalue weighted by Crippen LogP contribution is 2.15. The lowest BCUT2D eigenvalue weighted by atomic mass is 10.2. The number of nitrogens with zero attached hydrogens (tertiary/aromatic N) is 1. The number of halogens is 2. The number of rotatable bonds is 1. The minimum Gasteiger partial charge on any atom is -0.340 e. The number of hydrogen-bond donors (Lipinski definition) is 1. The third-order valence-electron chi connectivity index (χ3n) is 2.70. The summed E-state index contributed by atoms with van der Waals surface area (Å²) in [6, 6.07) is -0.270. The Labute approximate surface area is 99.6 Å². The number of hydrogen-bond acceptors (Lipinski definition) is 3. The molecule has 3 nitrogen and oxygen atoms in total. The second kappa shape index (κ2) is 5.92. The van der Waals surface area contributed by atoms with Gasteiger partial charge in [0.15, 0.2) is 0 Å². The first-order chi connectivity index (χ1) is 6.77. The van der Waals surface area contributed by atoms with Crippen LogP contribution in [-0.4, -0.2) is 54.2 Å². The van der Waals surface area contributed by atoms with Crippen molar-refractivity contribution in [2.24, 2.45) is 0 Å². The quantitative estimate of drug-likeness (QED) is 0.747. The van der Waals surface area contributed by atoms with Crippen molar-refractivity contribution < 1.29 is 9.18 Å². The van der Waals surface area contributed by atoms with Gasteiger partial charge in [-0.15, -0.1) is 12.4 Å². The molecule has 0 bridgehead atoms. The van der Waals surface area contributed by atoms with Gasteiger partial charge in [-0.2, -0.15) is 11.8 Å². The van der Waals surface area contributed by atoms with E-state index in [4.69, 9.17) is 0 Å². The molecule has 2 rings (SSSR count). The molecule has 0 unspecified atom stereocenters. The first-order valence-electron chi connectivity index (χ1n) is 5.01. The summed E-state index contributed by atoms with van der Waals surface area (Å²) < 4.78 is 12.9. The van der Waals surface area contributed by atoms with Crippen molar-refractivity contribution in [3.63, 3.8) is 0 Å². The Hall–Kier alpha value is -0.000000000000000111. The highest BCUT2D eigenvalue weighted by atomic mass is 35.5. The summed E-state index contributed by atoms with van der Waals surface area (Å²) in [6.07, 6.45) is -0.495. The molecule has 1 amide bonds. The molecule has 0 aromatic heterocycles. The van der Waals surface area contributed by atoms with Crippen LogP contribution in [0.25, 0.3) is 0 Å². The van der Waals surface area contributed by atoms with Gasteiger partial charge in [-0.25, -0.2) is 4.39 Å². The van der Waals surface area contributed by atoms with E-state index in [0.29, 0.717) is 13.0 Å². The molecule has 0 spiro atoms. The van der Waals surface area contributed by atoms with Gasteiger partial charge >= 0.3 is 0 Å². The van der Waals surface area contributed by atoms with Gasteiger partial charge in [-0.05, 0) is 0 Å². The zero-order valence-corrected chi connectivity index (χ0v) is 10.1. The third kappa shape index (κ3) is 3.23. The van der Waals surface area contributed by atoms with Gasteiger partial charge in [0.05, 0.1) is 6.04 Å². The van der Waals surface area contributed by atoms with Crippen LogP contribution in [0.1, 0.15) is 6.42 Å². The molecule has 0 saturated carbocycles. The van der Waals surface area contributed by atoms with Crippen molar-refractivity contribution in [2.75, 3.05) is 31.1 Å². The predicted molar refractivity (Wildman–Crippen MR) is 62.5 cm³/mol. The highest BCUT2D eigenvalue weighted by molar-refractivity contribution is 7.99. The standard InChI is InChI=1S/C9H15FN2OS.ClH/c10-7-5-8(11-6-7)9(13)12-1-3-14-4-2-12;/h7-8,11H,1-6H2;1H/t7-,8+;/m1./s1. The Kier molecular flexibility index (Phi) is 5.15. The minimum absolute atomic E-state index is 0. The molecule has 6 heteroatoms. The Morgan fingerprint density at radius 1 is 1.40 bits per heavy atom. The van der Waals surface area contributed by atoms with Crippen molar-refractivity contribution in [1.29, 1.82) is 0 Å². The van der Waals surface area contributed by atoms with E-state index in [1.165, 1.54) is 0 Å². The number of carbonyl (C=O) groups excluding carboxylic acids is 1. The molecular formula is C9H16ClFN2OS. The fraction of sp³-hybridized carbons (Fsp3) is 0.889. The maximum Gasteiger partial charge on any atom is 0.239 e. The summed E-state index contributed by atoms with van der Waals surface area (Å²) >= 11 is 1.87. The molecule has 2 aliphatic rings. The predicted octanol–water partition coefficient (Wildman–Crippen LogP) is 0.684. The Bertz CT molecular complexity index is 219. The number of thioether (sulfide) groups is 1. The van der Waals surface area contributed by atoms with Crippen LogP contribution >= 0.6 is 24.2 Å². The average Bonchev–Trinajstić information content (AvgIpc) is 2.65. The smallest absolute Gasteiger partial charge is 0.239 e. The van der Waals surface area contributed by atoms with Crippen molar-refractivity contribution >= 4 is 30.1 Å². The maximum absolute atomic E-state index is 12.9. The van der Waals surface area contributed by atoms with E-state index in [2.05, 4.69) is 5.32 Å². The average molecular weight is 255 g/mol. The zero-order valence-electron chi connectivity index (χ0n) is 8.45. The highest BCUT2D eigenvalue weighted by Gasteiger charge is 2.32. The summed E-state index contributed by atoms with van der Waals surface area (Å²) in [5.41, 5.74) is 0. The lowest BCUT2D eigenvalue weighted by molar-refractivity contribution is -0.132. The summed E-state index contributed by atoms with van der Waals surface area (Å²) in [7, 11) is 0. The maximum atomic E-state index is 12.9. The zero-order chi connectivity index (χ0) is 9.97. The minimum atomic E-state index is -0.844.